The van der Waals surface area contributed by atoms with Gasteiger partial charge >= 0.3 is 0 Å². The number of nitrogens with one attached hydrogen (secondary N) is 1. The first-order valence-electron chi connectivity index (χ1n) is 14.9. The molecule has 0 saturated carbocycles. The number of benzene rings is 5. The zero-order valence-electron chi connectivity index (χ0n) is 25.3. The van der Waals surface area contributed by atoms with Crippen molar-refractivity contribution in [3.63, 3.8) is 0 Å². The summed E-state index contributed by atoms with van der Waals surface area (Å²) in [5.41, 5.74) is 3.43. The molecule has 1 amide bonds. The molecule has 11 heteroatoms. The molecule has 0 saturated heterocycles. The quantitative estimate of drug-likeness (QED) is 0.0786. The van der Waals surface area contributed by atoms with Crippen LogP contribution in [0.1, 0.15) is 40.2 Å². The van der Waals surface area contributed by atoms with Crippen molar-refractivity contribution in [2.45, 2.75) is 25.2 Å². The molecule has 1 atom stereocenters. The molecule has 0 fully saturated rings. The fraction of sp³-hybridized carbons (Fsp3) is 0.135. The average Bonchev–Trinajstić information content (AvgIpc) is 3.04. The predicted octanol–water partition coefficient (Wildman–Crippen LogP) is 8.39. The molecule has 5 aromatic rings. The third kappa shape index (κ3) is 8.81. The molecule has 48 heavy (non-hydrogen) atoms. The van der Waals surface area contributed by atoms with Crippen LogP contribution in [0.3, 0.4) is 0 Å². The van der Waals surface area contributed by atoms with Crippen molar-refractivity contribution in [2.24, 2.45) is 0 Å². The zero-order chi connectivity index (χ0) is 34.4. The normalized spacial score (nSPS) is 12.0. The maximum Gasteiger partial charge on any atom is 0.264 e. The highest BCUT2D eigenvalue weighted by Crippen LogP contribution is 2.30. The van der Waals surface area contributed by atoms with Gasteiger partial charge in [-0.1, -0.05) is 60.7 Å². The van der Waals surface area contributed by atoms with Crippen LogP contribution in [0.15, 0.2) is 109 Å². The second-order valence-corrected chi connectivity index (χ2v) is 12.8. The highest BCUT2D eigenvalue weighted by Gasteiger charge is 2.23. The number of halogens is 4. The average molecular weight is 676 g/mol. The lowest BCUT2D eigenvalue weighted by Crippen LogP contribution is -2.23. The van der Waals surface area contributed by atoms with Gasteiger partial charge in [0.1, 0.15) is 23.3 Å². The zero-order valence-corrected chi connectivity index (χ0v) is 26.1. The van der Waals surface area contributed by atoms with Crippen molar-refractivity contribution in [3.8, 4) is 22.3 Å². The Balaban J connectivity index is 1.37. The maximum atomic E-state index is 14.4. The number of carbonyl (C=O) groups is 2. The minimum atomic E-state index is -4.17. The van der Waals surface area contributed by atoms with Crippen molar-refractivity contribution >= 4 is 27.5 Å². The molecule has 5 rings (SSSR count). The van der Waals surface area contributed by atoms with Gasteiger partial charge in [-0.3, -0.25) is 14.1 Å². The van der Waals surface area contributed by atoms with Gasteiger partial charge in [0.15, 0.2) is 5.78 Å². The van der Waals surface area contributed by atoms with Crippen molar-refractivity contribution < 1.29 is 40.1 Å². The molecular weight excluding hydrogens is 646 g/mol. The summed E-state index contributed by atoms with van der Waals surface area (Å²) < 4.78 is 86.3. The summed E-state index contributed by atoms with van der Waals surface area (Å²) in [6, 6.07) is 26.1. The number of ketones is 1. The molecule has 5 aromatic carbocycles. The smallest absolute Gasteiger partial charge is 0.264 e. The molecular formula is C37H29F4NO5S. The van der Waals surface area contributed by atoms with Crippen LogP contribution >= 0.6 is 0 Å². The molecule has 0 spiro atoms. The molecule has 0 aliphatic carbocycles. The van der Waals surface area contributed by atoms with Crippen LogP contribution in [0, 0.1) is 23.3 Å². The van der Waals surface area contributed by atoms with Crippen molar-refractivity contribution in [1.29, 1.82) is 0 Å². The van der Waals surface area contributed by atoms with E-state index >= 15 is 0 Å². The first-order chi connectivity index (χ1) is 22.9. The van der Waals surface area contributed by atoms with Gasteiger partial charge in [-0.05, 0) is 71.5 Å². The Morgan fingerprint density at radius 2 is 1.21 bits per heavy atom. The first-order valence-corrected chi connectivity index (χ1v) is 16.5. The van der Waals surface area contributed by atoms with E-state index in [1.807, 2.05) is 0 Å². The lowest BCUT2D eigenvalue weighted by atomic mass is 9.89. The van der Waals surface area contributed by atoms with E-state index in [0.29, 0.717) is 33.5 Å². The van der Waals surface area contributed by atoms with Crippen LogP contribution in [0.4, 0.5) is 23.2 Å². The largest absolute Gasteiger partial charge is 0.326 e. The number of Topliss-reactive ketones (excluding diaryl/α,β-unsaturated/α-hetero) is 1. The van der Waals surface area contributed by atoms with E-state index in [2.05, 4.69) is 5.32 Å². The molecule has 0 bridgehead atoms. The Labute approximate surface area is 274 Å². The summed E-state index contributed by atoms with van der Waals surface area (Å²) in [5, 5.41) is 2.87. The first kappa shape index (κ1) is 34.2. The van der Waals surface area contributed by atoms with Gasteiger partial charge in [0.05, 0.1) is 11.7 Å². The number of anilines is 1. The maximum absolute atomic E-state index is 14.4. The van der Waals surface area contributed by atoms with E-state index in [-0.39, 0.29) is 42.1 Å². The summed E-state index contributed by atoms with van der Waals surface area (Å²) in [6.45, 7) is 0. The fourth-order valence-electron chi connectivity index (χ4n) is 5.29. The second kappa shape index (κ2) is 14.7. The molecule has 0 aliphatic heterocycles. The molecule has 0 radical (unpaired) electrons. The van der Waals surface area contributed by atoms with Gasteiger partial charge in [-0.25, -0.2) is 17.6 Å². The van der Waals surface area contributed by atoms with Crippen LogP contribution in [-0.4, -0.2) is 30.4 Å². The van der Waals surface area contributed by atoms with Gasteiger partial charge < -0.3 is 5.32 Å². The Hall–Kier alpha value is -5.13. The lowest BCUT2D eigenvalue weighted by Gasteiger charge is -2.19. The van der Waals surface area contributed by atoms with Crippen LogP contribution in [0.25, 0.3) is 22.3 Å². The van der Waals surface area contributed by atoms with Crippen molar-refractivity contribution in [2.75, 3.05) is 11.1 Å². The van der Waals surface area contributed by atoms with Crippen LogP contribution in [0.2, 0.25) is 0 Å². The number of amides is 1. The summed E-state index contributed by atoms with van der Waals surface area (Å²) in [5.74, 6) is -4.82. The van der Waals surface area contributed by atoms with E-state index in [4.69, 9.17) is 4.55 Å². The molecule has 0 aliphatic rings. The molecule has 0 aromatic heterocycles. The highest BCUT2D eigenvalue weighted by molar-refractivity contribution is 7.85. The summed E-state index contributed by atoms with van der Waals surface area (Å²) >= 11 is 0. The minimum absolute atomic E-state index is 0.0285. The Kier molecular flexibility index (Phi) is 10.5. The molecule has 2 N–H and O–H groups in total. The second-order valence-electron chi connectivity index (χ2n) is 11.2. The van der Waals surface area contributed by atoms with Crippen molar-refractivity contribution in [1.82, 2.24) is 0 Å². The Bertz CT molecular complexity index is 2050. The molecule has 1 unspecified atom stereocenters. The molecule has 6 nitrogen and oxygen atoms in total. The topological polar surface area (TPSA) is 101 Å². The van der Waals surface area contributed by atoms with Crippen molar-refractivity contribution in [3.05, 3.63) is 149 Å². The Morgan fingerprint density at radius 1 is 0.688 bits per heavy atom. The molecule has 0 heterocycles. The van der Waals surface area contributed by atoms with E-state index in [9.17, 15) is 35.6 Å². The lowest BCUT2D eigenvalue weighted by molar-refractivity contribution is -0.117. The monoisotopic (exact) mass is 675 g/mol. The van der Waals surface area contributed by atoms with Gasteiger partial charge in [-0.2, -0.15) is 8.42 Å². The summed E-state index contributed by atoms with van der Waals surface area (Å²) in [4.78, 5) is 26.3. The number of rotatable bonds is 12. The fourth-order valence-corrected chi connectivity index (χ4v) is 5.80. The van der Waals surface area contributed by atoms with Gasteiger partial charge in [0.2, 0.25) is 5.91 Å². The number of hydrogen-bond donors (Lipinski definition) is 2. The third-order valence-electron chi connectivity index (χ3n) is 7.79. The van der Waals surface area contributed by atoms with E-state index < -0.39 is 45.1 Å². The Morgan fingerprint density at radius 3 is 1.71 bits per heavy atom. The van der Waals surface area contributed by atoms with Crippen LogP contribution in [0.5, 0.6) is 0 Å². The SMILES string of the molecule is O=C(CCCS(=O)(=O)O)c1ccc(CC(C(=O)Nc2ccc(-c3ccc(F)cc3F)cc2)c2ccc(-c3ccc(F)cc3F)cc2)cc1. The summed E-state index contributed by atoms with van der Waals surface area (Å²) in [7, 11) is -4.17. The third-order valence-corrected chi connectivity index (χ3v) is 8.59. The van der Waals surface area contributed by atoms with E-state index in [0.717, 1.165) is 24.3 Å². The number of carbonyl (C=O) groups excluding carboxylic acids is 2. The van der Waals surface area contributed by atoms with Gasteiger partial charge in [-0.15, -0.1) is 0 Å². The van der Waals surface area contributed by atoms with Crippen LogP contribution in [-0.2, 0) is 21.3 Å². The molecule has 246 valence electrons. The summed E-state index contributed by atoms with van der Waals surface area (Å²) in [6.07, 6.45) is 0.100. The van der Waals surface area contributed by atoms with Crippen LogP contribution < -0.4 is 5.32 Å². The highest BCUT2D eigenvalue weighted by atomic mass is 32.2. The van der Waals surface area contributed by atoms with E-state index in [1.54, 1.807) is 72.8 Å². The minimum Gasteiger partial charge on any atom is -0.326 e. The van der Waals surface area contributed by atoms with Gasteiger partial charge in [0, 0.05) is 40.9 Å². The standard InChI is InChI=1S/C37H29F4NO5S/c38-28-13-17-31(34(40)21-28)24-7-9-26(10-8-24)33(20-23-3-5-27(6-4-23)36(43)2-1-19-48(45,46)47)37(44)42-30-15-11-25(12-16-30)32-18-14-29(39)22-35(32)41/h3-18,21-22,33H,1-2,19-20H2,(H,42,44)(H,45,46,47). The van der Waals surface area contributed by atoms with E-state index in [1.165, 1.54) is 12.1 Å². The predicted molar refractivity (Wildman–Crippen MR) is 175 cm³/mol. The van der Waals surface area contributed by atoms with Gasteiger partial charge in [0.25, 0.3) is 10.1 Å². The number of hydrogen-bond acceptors (Lipinski definition) is 4.